The summed E-state index contributed by atoms with van der Waals surface area (Å²) < 4.78 is 2.30. The first-order chi connectivity index (χ1) is 10.1. The molecule has 3 aromatic rings. The summed E-state index contributed by atoms with van der Waals surface area (Å²) >= 11 is 1.71. The van der Waals surface area contributed by atoms with Gasteiger partial charge in [-0.25, -0.2) is 4.98 Å². The number of aromatic nitrogens is 2. The standard InChI is InChI=1S/C17H21N3S/c1-11(2)15-10-21-17-19-16(14(8-9-18)20(15)17)13-6-4-12(3)5-7-13/h4-7,10-11H,8-9,18H2,1-3H3. The molecule has 0 aliphatic carbocycles. The first kappa shape index (κ1) is 14.3. The Hall–Kier alpha value is -1.65. The molecule has 0 radical (unpaired) electrons. The summed E-state index contributed by atoms with van der Waals surface area (Å²) in [5.41, 5.74) is 11.9. The Balaban J connectivity index is 2.22. The molecule has 3 nitrogen and oxygen atoms in total. The highest BCUT2D eigenvalue weighted by molar-refractivity contribution is 7.15. The highest BCUT2D eigenvalue weighted by atomic mass is 32.1. The Labute approximate surface area is 129 Å². The van der Waals surface area contributed by atoms with Gasteiger partial charge in [0.05, 0.1) is 11.4 Å². The minimum atomic E-state index is 0.482. The van der Waals surface area contributed by atoms with Gasteiger partial charge in [-0.3, -0.25) is 4.40 Å². The van der Waals surface area contributed by atoms with E-state index in [0.717, 1.165) is 17.1 Å². The quantitative estimate of drug-likeness (QED) is 0.791. The lowest BCUT2D eigenvalue weighted by atomic mass is 10.1. The molecule has 2 aromatic heterocycles. The van der Waals surface area contributed by atoms with Gasteiger partial charge in [-0.15, -0.1) is 11.3 Å². The molecule has 4 heteroatoms. The van der Waals surface area contributed by atoms with Crippen LogP contribution in [0.15, 0.2) is 29.6 Å². The fourth-order valence-corrected chi connectivity index (χ4v) is 3.72. The Morgan fingerprint density at radius 2 is 1.95 bits per heavy atom. The molecule has 0 atom stereocenters. The van der Waals surface area contributed by atoms with Crippen LogP contribution in [-0.4, -0.2) is 15.9 Å². The maximum Gasteiger partial charge on any atom is 0.194 e. The number of rotatable bonds is 4. The summed E-state index contributed by atoms with van der Waals surface area (Å²) in [6, 6.07) is 8.57. The molecule has 0 saturated heterocycles. The Morgan fingerprint density at radius 1 is 1.24 bits per heavy atom. The second-order valence-corrected chi connectivity index (χ2v) is 6.58. The zero-order valence-electron chi connectivity index (χ0n) is 12.8. The number of aryl methyl sites for hydroxylation is 1. The van der Waals surface area contributed by atoms with Crippen molar-refractivity contribution >= 4 is 16.3 Å². The Kier molecular flexibility index (Phi) is 3.83. The third-order valence-corrected chi connectivity index (χ3v) is 4.63. The first-order valence-corrected chi connectivity index (χ1v) is 8.25. The van der Waals surface area contributed by atoms with Crippen molar-refractivity contribution < 1.29 is 0 Å². The van der Waals surface area contributed by atoms with Gasteiger partial charge in [0.15, 0.2) is 4.96 Å². The lowest BCUT2D eigenvalue weighted by molar-refractivity contribution is 0.786. The fourth-order valence-electron chi connectivity index (χ4n) is 2.65. The third-order valence-electron chi connectivity index (χ3n) is 3.78. The zero-order chi connectivity index (χ0) is 15.0. The minimum Gasteiger partial charge on any atom is -0.330 e. The zero-order valence-corrected chi connectivity index (χ0v) is 13.6. The largest absolute Gasteiger partial charge is 0.330 e. The van der Waals surface area contributed by atoms with Gasteiger partial charge in [0, 0.05) is 23.1 Å². The lowest BCUT2D eigenvalue weighted by Crippen LogP contribution is -2.08. The van der Waals surface area contributed by atoms with E-state index in [2.05, 4.69) is 54.8 Å². The van der Waals surface area contributed by atoms with E-state index in [4.69, 9.17) is 10.7 Å². The van der Waals surface area contributed by atoms with E-state index in [1.807, 2.05) is 0 Å². The molecule has 0 saturated carbocycles. The molecule has 0 aliphatic heterocycles. The molecule has 0 fully saturated rings. The van der Waals surface area contributed by atoms with Crippen LogP contribution < -0.4 is 5.73 Å². The molecule has 2 N–H and O–H groups in total. The normalized spacial score (nSPS) is 11.7. The van der Waals surface area contributed by atoms with Crippen molar-refractivity contribution in [1.82, 2.24) is 9.38 Å². The van der Waals surface area contributed by atoms with E-state index < -0.39 is 0 Å². The fraction of sp³-hybridized carbons (Fsp3) is 0.353. The number of fused-ring (bicyclic) bond motifs is 1. The highest BCUT2D eigenvalue weighted by Gasteiger charge is 2.18. The minimum absolute atomic E-state index is 0.482. The first-order valence-electron chi connectivity index (χ1n) is 7.37. The molecule has 0 bridgehead atoms. The van der Waals surface area contributed by atoms with E-state index in [1.165, 1.54) is 22.5 Å². The average molecular weight is 299 g/mol. The molecule has 21 heavy (non-hydrogen) atoms. The van der Waals surface area contributed by atoms with Crippen LogP contribution in [0.25, 0.3) is 16.2 Å². The molecule has 3 rings (SSSR count). The predicted octanol–water partition coefficient (Wildman–Crippen LogP) is 4.00. The van der Waals surface area contributed by atoms with Crippen molar-refractivity contribution in [3.8, 4) is 11.3 Å². The summed E-state index contributed by atoms with van der Waals surface area (Å²) in [5, 5.41) is 2.21. The molecule has 0 unspecified atom stereocenters. The van der Waals surface area contributed by atoms with E-state index in [-0.39, 0.29) is 0 Å². The van der Waals surface area contributed by atoms with Crippen LogP contribution in [0.5, 0.6) is 0 Å². The smallest absolute Gasteiger partial charge is 0.194 e. The monoisotopic (exact) mass is 299 g/mol. The van der Waals surface area contributed by atoms with Gasteiger partial charge in [0.25, 0.3) is 0 Å². The predicted molar refractivity (Wildman–Crippen MR) is 90.1 cm³/mol. The van der Waals surface area contributed by atoms with Crippen molar-refractivity contribution in [2.24, 2.45) is 5.73 Å². The maximum absolute atomic E-state index is 5.84. The second kappa shape index (κ2) is 5.62. The van der Waals surface area contributed by atoms with Gasteiger partial charge in [0.2, 0.25) is 0 Å². The molecule has 0 spiro atoms. The second-order valence-electron chi connectivity index (χ2n) is 5.75. The van der Waals surface area contributed by atoms with Gasteiger partial charge in [-0.1, -0.05) is 43.7 Å². The van der Waals surface area contributed by atoms with E-state index >= 15 is 0 Å². The molecule has 2 heterocycles. The van der Waals surface area contributed by atoms with Crippen LogP contribution in [0.2, 0.25) is 0 Å². The van der Waals surface area contributed by atoms with Gasteiger partial charge in [0.1, 0.15) is 0 Å². The molecule has 0 amide bonds. The van der Waals surface area contributed by atoms with Crippen LogP contribution in [0, 0.1) is 6.92 Å². The van der Waals surface area contributed by atoms with Crippen molar-refractivity contribution in [3.63, 3.8) is 0 Å². The van der Waals surface area contributed by atoms with E-state index in [0.29, 0.717) is 12.5 Å². The Morgan fingerprint density at radius 3 is 2.57 bits per heavy atom. The van der Waals surface area contributed by atoms with Gasteiger partial charge >= 0.3 is 0 Å². The lowest BCUT2D eigenvalue weighted by Gasteiger charge is -2.08. The number of benzene rings is 1. The summed E-state index contributed by atoms with van der Waals surface area (Å²) in [6.45, 7) is 7.19. The number of thiazole rings is 1. The van der Waals surface area contributed by atoms with Crippen molar-refractivity contribution in [3.05, 3.63) is 46.6 Å². The van der Waals surface area contributed by atoms with Gasteiger partial charge < -0.3 is 5.73 Å². The number of hydrogen-bond donors (Lipinski definition) is 1. The van der Waals surface area contributed by atoms with Crippen molar-refractivity contribution in [1.29, 1.82) is 0 Å². The summed E-state index contributed by atoms with van der Waals surface area (Å²) in [7, 11) is 0. The van der Waals surface area contributed by atoms with Crippen molar-refractivity contribution in [2.45, 2.75) is 33.1 Å². The molecular formula is C17H21N3S. The summed E-state index contributed by atoms with van der Waals surface area (Å²) in [4.78, 5) is 5.93. The number of hydrogen-bond acceptors (Lipinski definition) is 3. The molecule has 0 aliphatic rings. The SMILES string of the molecule is Cc1ccc(-c2nc3scc(C(C)C)n3c2CCN)cc1. The van der Waals surface area contributed by atoms with Crippen LogP contribution in [-0.2, 0) is 6.42 Å². The summed E-state index contributed by atoms with van der Waals surface area (Å²) in [6.07, 6.45) is 0.848. The molecule has 1 aromatic carbocycles. The average Bonchev–Trinajstić information content (AvgIpc) is 3.00. The van der Waals surface area contributed by atoms with Crippen molar-refractivity contribution in [2.75, 3.05) is 6.54 Å². The Bertz CT molecular complexity index is 750. The van der Waals surface area contributed by atoms with E-state index in [9.17, 15) is 0 Å². The van der Waals surface area contributed by atoms with Gasteiger partial charge in [-0.2, -0.15) is 0 Å². The maximum atomic E-state index is 5.84. The summed E-state index contributed by atoms with van der Waals surface area (Å²) in [5.74, 6) is 0.482. The number of nitrogens with zero attached hydrogens (tertiary/aromatic N) is 2. The topological polar surface area (TPSA) is 43.3 Å². The van der Waals surface area contributed by atoms with Crippen LogP contribution in [0.3, 0.4) is 0 Å². The highest BCUT2D eigenvalue weighted by Crippen LogP contribution is 2.31. The van der Waals surface area contributed by atoms with Crippen LogP contribution >= 0.6 is 11.3 Å². The van der Waals surface area contributed by atoms with Crippen LogP contribution in [0.1, 0.15) is 36.7 Å². The van der Waals surface area contributed by atoms with Gasteiger partial charge in [-0.05, 0) is 19.4 Å². The molecule has 110 valence electrons. The molecular weight excluding hydrogens is 278 g/mol. The number of imidazole rings is 1. The van der Waals surface area contributed by atoms with Crippen LogP contribution in [0.4, 0.5) is 0 Å². The third kappa shape index (κ3) is 2.49. The number of nitrogens with two attached hydrogens (primary N) is 1. The van der Waals surface area contributed by atoms with E-state index in [1.54, 1.807) is 11.3 Å².